The van der Waals surface area contributed by atoms with Gasteiger partial charge in [-0.25, -0.2) is 0 Å². The van der Waals surface area contributed by atoms with Gasteiger partial charge in [-0.1, -0.05) is 24.3 Å². The largest absolute Gasteiger partial charge is 0.508 e. The van der Waals surface area contributed by atoms with Gasteiger partial charge in [0.25, 0.3) is 0 Å². The van der Waals surface area contributed by atoms with Crippen LogP contribution in [0.1, 0.15) is 5.69 Å². The second-order valence-corrected chi connectivity index (χ2v) is 5.33. The predicted octanol–water partition coefficient (Wildman–Crippen LogP) is 4.23. The summed E-state index contributed by atoms with van der Waals surface area (Å²) < 4.78 is 0. The first kappa shape index (κ1) is 12.1. The lowest BCUT2D eigenvalue weighted by atomic mass is 10.2. The summed E-state index contributed by atoms with van der Waals surface area (Å²) in [5.74, 6) is 1.13. The van der Waals surface area contributed by atoms with Gasteiger partial charge in [-0.15, -0.1) is 11.8 Å². The van der Waals surface area contributed by atoms with E-state index in [0.717, 1.165) is 21.9 Å². The van der Waals surface area contributed by atoms with Crippen LogP contribution in [-0.2, 0) is 5.75 Å². The Labute approximate surface area is 116 Å². The Bertz CT molecular complexity index is 694. The number of thioether (sulfide) groups is 1. The molecular weight excluding hydrogens is 254 g/mol. The molecule has 0 aliphatic rings. The van der Waals surface area contributed by atoms with Crippen molar-refractivity contribution in [1.82, 2.24) is 4.98 Å². The molecule has 1 aromatic heterocycles. The van der Waals surface area contributed by atoms with Crippen LogP contribution >= 0.6 is 11.8 Å². The zero-order chi connectivity index (χ0) is 13.1. The van der Waals surface area contributed by atoms with Crippen molar-refractivity contribution in [3.05, 3.63) is 66.4 Å². The highest BCUT2D eigenvalue weighted by molar-refractivity contribution is 7.98. The minimum atomic E-state index is 0.299. The molecule has 0 saturated heterocycles. The number of fused-ring (bicyclic) bond motifs is 1. The van der Waals surface area contributed by atoms with Crippen molar-refractivity contribution in [3.63, 3.8) is 0 Å². The normalized spacial score (nSPS) is 10.7. The van der Waals surface area contributed by atoms with Gasteiger partial charge in [0, 0.05) is 16.0 Å². The molecule has 0 unspecified atom stereocenters. The molecule has 3 aromatic rings. The molecule has 1 N–H and O–H groups in total. The molecular formula is C16H13NOS. The molecule has 1 heterocycles. The number of aromatic nitrogens is 1. The van der Waals surface area contributed by atoms with Crippen molar-refractivity contribution in [2.45, 2.75) is 10.6 Å². The molecule has 0 amide bonds. The van der Waals surface area contributed by atoms with E-state index in [1.807, 2.05) is 30.3 Å². The standard InChI is InChI=1S/C16H13NOS/c18-14-7-9-15(10-8-14)19-11-13-6-5-12-3-1-2-4-16(12)17-13/h1-10,18H,11H2. The van der Waals surface area contributed by atoms with E-state index in [-0.39, 0.29) is 0 Å². The van der Waals surface area contributed by atoms with E-state index >= 15 is 0 Å². The van der Waals surface area contributed by atoms with Crippen molar-refractivity contribution in [1.29, 1.82) is 0 Å². The molecule has 0 aliphatic carbocycles. The maximum absolute atomic E-state index is 9.24. The molecule has 3 heteroatoms. The fraction of sp³-hybridized carbons (Fsp3) is 0.0625. The summed E-state index contributed by atoms with van der Waals surface area (Å²) in [5.41, 5.74) is 2.10. The van der Waals surface area contributed by atoms with Gasteiger partial charge >= 0.3 is 0 Å². The molecule has 0 saturated carbocycles. The number of hydrogen-bond donors (Lipinski definition) is 1. The van der Waals surface area contributed by atoms with E-state index in [1.54, 1.807) is 23.9 Å². The van der Waals surface area contributed by atoms with Gasteiger partial charge in [0.05, 0.1) is 11.2 Å². The number of pyridine rings is 1. The molecule has 2 aromatic carbocycles. The van der Waals surface area contributed by atoms with E-state index < -0.39 is 0 Å². The zero-order valence-electron chi connectivity index (χ0n) is 10.3. The quantitative estimate of drug-likeness (QED) is 0.721. The fourth-order valence-corrected chi connectivity index (χ4v) is 2.69. The van der Waals surface area contributed by atoms with Crippen LogP contribution in [0.4, 0.5) is 0 Å². The predicted molar refractivity (Wildman–Crippen MR) is 79.4 cm³/mol. The summed E-state index contributed by atoms with van der Waals surface area (Å²) in [5, 5.41) is 10.4. The summed E-state index contributed by atoms with van der Waals surface area (Å²) in [7, 11) is 0. The third kappa shape index (κ3) is 2.88. The van der Waals surface area contributed by atoms with Gasteiger partial charge in [0.1, 0.15) is 5.75 Å². The Morgan fingerprint density at radius 3 is 2.53 bits per heavy atom. The highest BCUT2D eigenvalue weighted by Crippen LogP contribution is 2.24. The van der Waals surface area contributed by atoms with Crippen LogP contribution in [0.25, 0.3) is 10.9 Å². The molecule has 0 fully saturated rings. The summed E-state index contributed by atoms with van der Waals surface area (Å²) in [6.45, 7) is 0. The number of aromatic hydroxyl groups is 1. The minimum absolute atomic E-state index is 0.299. The Kier molecular flexibility index (Phi) is 3.38. The van der Waals surface area contributed by atoms with E-state index in [2.05, 4.69) is 23.2 Å². The molecule has 0 bridgehead atoms. The third-order valence-electron chi connectivity index (χ3n) is 2.88. The van der Waals surface area contributed by atoms with Gasteiger partial charge in [0.15, 0.2) is 0 Å². The average Bonchev–Trinajstić information content (AvgIpc) is 2.46. The summed E-state index contributed by atoms with van der Waals surface area (Å²) >= 11 is 1.72. The van der Waals surface area contributed by atoms with Crippen molar-refractivity contribution < 1.29 is 5.11 Å². The maximum Gasteiger partial charge on any atom is 0.115 e. The average molecular weight is 267 g/mol. The second-order valence-electron chi connectivity index (χ2n) is 4.28. The number of phenolic OH excluding ortho intramolecular Hbond substituents is 1. The van der Waals surface area contributed by atoms with Crippen LogP contribution in [0.3, 0.4) is 0 Å². The SMILES string of the molecule is Oc1ccc(SCc2ccc3ccccc3n2)cc1. The smallest absolute Gasteiger partial charge is 0.115 e. The van der Waals surface area contributed by atoms with Gasteiger partial charge in [0.2, 0.25) is 0 Å². The third-order valence-corrected chi connectivity index (χ3v) is 3.93. The van der Waals surface area contributed by atoms with Crippen molar-refractivity contribution in [2.24, 2.45) is 0 Å². The first-order valence-corrected chi connectivity index (χ1v) is 7.06. The number of benzene rings is 2. The van der Waals surface area contributed by atoms with E-state index in [1.165, 1.54) is 5.39 Å². The first-order chi connectivity index (χ1) is 9.31. The van der Waals surface area contributed by atoms with Gasteiger partial charge in [-0.05, 0) is 36.4 Å². The number of para-hydroxylation sites is 1. The Balaban J connectivity index is 1.76. The van der Waals surface area contributed by atoms with Crippen LogP contribution in [-0.4, -0.2) is 10.1 Å². The molecule has 0 aliphatic heterocycles. The van der Waals surface area contributed by atoms with Crippen molar-refractivity contribution in [2.75, 3.05) is 0 Å². The number of nitrogens with zero attached hydrogens (tertiary/aromatic N) is 1. The molecule has 94 valence electrons. The van der Waals surface area contributed by atoms with Crippen LogP contribution in [0.15, 0.2) is 65.6 Å². The molecule has 2 nitrogen and oxygen atoms in total. The van der Waals surface area contributed by atoms with Gasteiger partial charge in [-0.2, -0.15) is 0 Å². The molecule has 3 rings (SSSR count). The lowest BCUT2D eigenvalue weighted by Crippen LogP contribution is -1.87. The van der Waals surface area contributed by atoms with Gasteiger partial charge < -0.3 is 5.11 Å². The Hall–Kier alpha value is -2.00. The lowest BCUT2D eigenvalue weighted by Gasteiger charge is -2.03. The Morgan fingerprint density at radius 2 is 1.68 bits per heavy atom. The van der Waals surface area contributed by atoms with Crippen LogP contribution < -0.4 is 0 Å². The van der Waals surface area contributed by atoms with E-state index in [9.17, 15) is 5.11 Å². The fourth-order valence-electron chi connectivity index (χ4n) is 1.89. The summed E-state index contributed by atoms with van der Waals surface area (Å²) in [4.78, 5) is 5.77. The van der Waals surface area contributed by atoms with Crippen molar-refractivity contribution in [3.8, 4) is 5.75 Å². The molecule has 0 radical (unpaired) electrons. The lowest BCUT2D eigenvalue weighted by molar-refractivity contribution is 0.475. The summed E-state index contributed by atoms with van der Waals surface area (Å²) in [6, 6.07) is 19.5. The van der Waals surface area contributed by atoms with E-state index in [0.29, 0.717) is 5.75 Å². The number of phenols is 1. The Morgan fingerprint density at radius 1 is 0.895 bits per heavy atom. The monoisotopic (exact) mass is 267 g/mol. The second kappa shape index (κ2) is 5.33. The maximum atomic E-state index is 9.24. The number of rotatable bonds is 3. The molecule has 0 spiro atoms. The molecule has 0 atom stereocenters. The van der Waals surface area contributed by atoms with Crippen LogP contribution in [0.2, 0.25) is 0 Å². The van der Waals surface area contributed by atoms with Crippen molar-refractivity contribution >= 4 is 22.7 Å². The van der Waals surface area contributed by atoms with Crippen LogP contribution in [0.5, 0.6) is 5.75 Å². The highest BCUT2D eigenvalue weighted by Gasteiger charge is 2.00. The number of hydrogen-bond acceptors (Lipinski definition) is 3. The zero-order valence-corrected chi connectivity index (χ0v) is 11.1. The summed E-state index contributed by atoms with van der Waals surface area (Å²) in [6.07, 6.45) is 0. The highest BCUT2D eigenvalue weighted by atomic mass is 32.2. The topological polar surface area (TPSA) is 33.1 Å². The van der Waals surface area contributed by atoms with Crippen LogP contribution in [0, 0.1) is 0 Å². The van der Waals surface area contributed by atoms with Gasteiger partial charge in [-0.3, -0.25) is 4.98 Å². The minimum Gasteiger partial charge on any atom is -0.508 e. The van der Waals surface area contributed by atoms with E-state index in [4.69, 9.17) is 0 Å². The molecule has 19 heavy (non-hydrogen) atoms. The first-order valence-electron chi connectivity index (χ1n) is 6.08.